The average molecular weight is 198 g/mol. The van der Waals surface area contributed by atoms with Gasteiger partial charge in [-0.3, -0.25) is 4.79 Å². The summed E-state index contributed by atoms with van der Waals surface area (Å²) in [5.74, 6) is 0.667. The molecule has 0 atom stereocenters. The standard InChI is InChI=1S/C8H8ClN3O/c9-6-3-7(11-4-10-6)12-8(13)5-1-2-5/h3-5H,1-2H2,(H,10,11,12,13). The quantitative estimate of drug-likeness (QED) is 0.731. The van der Waals surface area contributed by atoms with Gasteiger partial charge in [-0.05, 0) is 12.8 Å². The van der Waals surface area contributed by atoms with Crippen molar-refractivity contribution in [2.24, 2.45) is 5.92 Å². The maximum atomic E-state index is 11.3. The van der Waals surface area contributed by atoms with E-state index in [-0.39, 0.29) is 11.8 Å². The number of carbonyl (C=O) groups excluding carboxylic acids is 1. The van der Waals surface area contributed by atoms with Crippen LogP contribution < -0.4 is 5.32 Å². The zero-order valence-corrected chi connectivity index (χ0v) is 7.58. The van der Waals surface area contributed by atoms with E-state index in [9.17, 15) is 4.79 Å². The minimum atomic E-state index is 0.0229. The summed E-state index contributed by atoms with van der Waals surface area (Å²) in [6, 6.07) is 1.53. The second-order valence-electron chi connectivity index (χ2n) is 2.99. The molecule has 2 rings (SSSR count). The summed E-state index contributed by atoms with van der Waals surface area (Å²) in [4.78, 5) is 18.8. The van der Waals surface area contributed by atoms with E-state index in [0.29, 0.717) is 11.0 Å². The Hall–Kier alpha value is -1.16. The third kappa shape index (κ3) is 2.15. The number of amides is 1. The Bertz CT molecular complexity index is 338. The van der Waals surface area contributed by atoms with Crippen molar-refractivity contribution in [1.82, 2.24) is 9.97 Å². The summed E-state index contributed by atoms with van der Waals surface area (Å²) < 4.78 is 0. The van der Waals surface area contributed by atoms with E-state index in [1.165, 1.54) is 12.4 Å². The number of nitrogens with one attached hydrogen (secondary N) is 1. The van der Waals surface area contributed by atoms with E-state index in [2.05, 4.69) is 15.3 Å². The largest absolute Gasteiger partial charge is 0.310 e. The average Bonchev–Trinajstić information content (AvgIpc) is 2.85. The molecule has 0 unspecified atom stereocenters. The number of hydrogen-bond donors (Lipinski definition) is 1. The van der Waals surface area contributed by atoms with Gasteiger partial charge < -0.3 is 5.32 Å². The lowest BCUT2D eigenvalue weighted by Crippen LogP contribution is -2.14. The maximum Gasteiger partial charge on any atom is 0.228 e. The molecule has 13 heavy (non-hydrogen) atoms. The fourth-order valence-electron chi connectivity index (χ4n) is 0.976. The number of carbonyl (C=O) groups is 1. The minimum Gasteiger partial charge on any atom is -0.310 e. The van der Waals surface area contributed by atoms with Gasteiger partial charge >= 0.3 is 0 Å². The van der Waals surface area contributed by atoms with Gasteiger partial charge in [0.15, 0.2) is 0 Å². The van der Waals surface area contributed by atoms with Crippen molar-refractivity contribution < 1.29 is 4.79 Å². The van der Waals surface area contributed by atoms with Gasteiger partial charge in [0.25, 0.3) is 0 Å². The molecule has 0 aliphatic heterocycles. The first-order valence-electron chi connectivity index (χ1n) is 4.04. The minimum absolute atomic E-state index is 0.0229. The van der Waals surface area contributed by atoms with Crippen LogP contribution in [-0.2, 0) is 4.79 Å². The van der Waals surface area contributed by atoms with Crippen molar-refractivity contribution in [2.45, 2.75) is 12.8 Å². The van der Waals surface area contributed by atoms with Crippen LogP contribution in [0.1, 0.15) is 12.8 Å². The molecule has 0 aromatic carbocycles. The lowest BCUT2D eigenvalue weighted by Gasteiger charge is -2.01. The van der Waals surface area contributed by atoms with Crippen LogP contribution >= 0.6 is 11.6 Å². The molecular weight excluding hydrogens is 190 g/mol. The highest BCUT2D eigenvalue weighted by molar-refractivity contribution is 6.29. The summed E-state index contributed by atoms with van der Waals surface area (Å²) in [7, 11) is 0. The van der Waals surface area contributed by atoms with E-state index >= 15 is 0 Å². The van der Waals surface area contributed by atoms with Gasteiger partial charge in [-0.25, -0.2) is 9.97 Å². The predicted octanol–water partition coefficient (Wildman–Crippen LogP) is 1.48. The molecule has 1 aromatic heterocycles. The van der Waals surface area contributed by atoms with E-state index < -0.39 is 0 Å². The molecule has 1 heterocycles. The zero-order valence-electron chi connectivity index (χ0n) is 6.83. The lowest BCUT2D eigenvalue weighted by molar-refractivity contribution is -0.117. The normalized spacial score (nSPS) is 15.5. The number of aromatic nitrogens is 2. The molecule has 68 valence electrons. The summed E-state index contributed by atoms with van der Waals surface area (Å²) in [6.45, 7) is 0. The van der Waals surface area contributed by atoms with Gasteiger partial charge in [0.05, 0.1) is 0 Å². The molecule has 5 heteroatoms. The highest BCUT2D eigenvalue weighted by atomic mass is 35.5. The van der Waals surface area contributed by atoms with Crippen LogP contribution in [0, 0.1) is 5.92 Å². The first kappa shape index (κ1) is 8.44. The molecule has 0 bridgehead atoms. The lowest BCUT2D eigenvalue weighted by atomic mass is 10.4. The number of hydrogen-bond acceptors (Lipinski definition) is 3. The van der Waals surface area contributed by atoms with Crippen LogP contribution in [0.4, 0.5) is 5.82 Å². The third-order valence-corrected chi connectivity index (χ3v) is 2.04. The van der Waals surface area contributed by atoms with Gasteiger partial charge in [0.2, 0.25) is 5.91 Å². The summed E-state index contributed by atoms with van der Waals surface area (Å²) >= 11 is 5.62. The molecule has 0 radical (unpaired) electrons. The first-order valence-corrected chi connectivity index (χ1v) is 4.42. The highest BCUT2D eigenvalue weighted by Crippen LogP contribution is 2.29. The molecule has 1 aliphatic carbocycles. The number of anilines is 1. The molecule has 1 N–H and O–H groups in total. The first-order chi connectivity index (χ1) is 6.25. The van der Waals surface area contributed by atoms with E-state index in [1.54, 1.807) is 0 Å². The number of nitrogens with zero attached hydrogens (tertiary/aromatic N) is 2. The Kier molecular flexibility index (Phi) is 2.14. The van der Waals surface area contributed by atoms with Gasteiger partial charge in [0, 0.05) is 12.0 Å². The van der Waals surface area contributed by atoms with Gasteiger partial charge in [-0.2, -0.15) is 0 Å². The van der Waals surface area contributed by atoms with E-state index in [0.717, 1.165) is 12.8 Å². The Morgan fingerprint density at radius 3 is 2.92 bits per heavy atom. The van der Waals surface area contributed by atoms with Crippen molar-refractivity contribution >= 4 is 23.3 Å². The summed E-state index contributed by atoms with van der Waals surface area (Å²) in [5.41, 5.74) is 0. The van der Waals surface area contributed by atoms with Crippen molar-refractivity contribution in [1.29, 1.82) is 0 Å². The number of rotatable bonds is 2. The molecule has 1 aliphatic rings. The Morgan fingerprint density at radius 1 is 1.54 bits per heavy atom. The molecular formula is C8H8ClN3O. The smallest absolute Gasteiger partial charge is 0.228 e. The van der Waals surface area contributed by atoms with Gasteiger partial charge in [-0.15, -0.1) is 0 Å². The molecule has 1 amide bonds. The van der Waals surface area contributed by atoms with E-state index in [1.807, 2.05) is 0 Å². The Labute approximate surface area is 80.3 Å². The molecule has 1 aromatic rings. The van der Waals surface area contributed by atoms with Gasteiger partial charge in [-0.1, -0.05) is 11.6 Å². The van der Waals surface area contributed by atoms with E-state index in [4.69, 9.17) is 11.6 Å². The van der Waals surface area contributed by atoms with Crippen LogP contribution in [0.5, 0.6) is 0 Å². The Balaban J connectivity index is 2.04. The van der Waals surface area contributed by atoms with Crippen molar-refractivity contribution in [3.63, 3.8) is 0 Å². The second-order valence-corrected chi connectivity index (χ2v) is 3.38. The maximum absolute atomic E-state index is 11.3. The van der Waals surface area contributed by atoms with Crippen LogP contribution in [0.2, 0.25) is 5.15 Å². The molecule has 1 saturated carbocycles. The summed E-state index contributed by atoms with van der Waals surface area (Å²) in [6.07, 6.45) is 3.28. The van der Waals surface area contributed by atoms with Crippen molar-refractivity contribution in [3.8, 4) is 0 Å². The zero-order chi connectivity index (χ0) is 9.26. The summed E-state index contributed by atoms with van der Waals surface area (Å²) in [5, 5.41) is 3.00. The fourth-order valence-corrected chi connectivity index (χ4v) is 1.12. The molecule has 0 saturated heterocycles. The van der Waals surface area contributed by atoms with Crippen LogP contribution in [0.25, 0.3) is 0 Å². The monoisotopic (exact) mass is 197 g/mol. The fraction of sp³-hybridized carbons (Fsp3) is 0.375. The van der Waals surface area contributed by atoms with Crippen LogP contribution in [0.3, 0.4) is 0 Å². The molecule has 0 spiro atoms. The predicted molar refractivity (Wildman–Crippen MR) is 48.4 cm³/mol. The van der Waals surface area contributed by atoms with Crippen LogP contribution in [0.15, 0.2) is 12.4 Å². The van der Waals surface area contributed by atoms with Crippen LogP contribution in [-0.4, -0.2) is 15.9 Å². The number of halogens is 1. The second kappa shape index (κ2) is 3.30. The highest BCUT2D eigenvalue weighted by Gasteiger charge is 2.29. The topological polar surface area (TPSA) is 54.9 Å². The third-order valence-electron chi connectivity index (χ3n) is 1.83. The molecule has 4 nitrogen and oxygen atoms in total. The molecule has 1 fully saturated rings. The van der Waals surface area contributed by atoms with Crippen molar-refractivity contribution in [2.75, 3.05) is 5.32 Å². The SMILES string of the molecule is O=C(Nc1cc(Cl)ncn1)C1CC1. The van der Waals surface area contributed by atoms with Crippen molar-refractivity contribution in [3.05, 3.63) is 17.5 Å². The van der Waals surface area contributed by atoms with Gasteiger partial charge in [0.1, 0.15) is 17.3 Å². The Morgan fingerprint density at radius 2 is 2.31 bits per heavy atom.